The molecule has 2 aromatic rings. The monoisotopic (exact) mass is 250 g/mol. The molecule has 0 spiro atoms. The Hall–Kier alpha value is -1.03. The molecule has 3 rings (SSSR count). The molecule has 0 bridgehead atoms. The third-order valence-electron chi connectivity index (χ3n) is 3.14. The van der Waals surface area contributed by atoms with Gasteiger partial charge in [-0.2, -0.15) is 0 Å². The Balaban J connectivity index is 1.80. The SMILES string of the molecule is Clc1ccc2cc(CN3CCOCC3)[nH]c2c1. The highest BCUT2D eigenvalue weighted by Gasteiger charge is 2.11. The lowest BCUT2D eigenvalue weighted by Gasteiger charge is -2.25. The van der Waals surface area contributed by atoms with E-state index in [0.717, 1.165) is 43.4 Å². The van der Waals surface area contributed by atoms with Crippen molar-refractivity contribution in [2.75, 3.05) is 26.3 Å². The number of ether oxygens (including phenoxy) is 1. The van der Waals surface area contributed by atoms with Crippen molar-refractivity contribution in [3.05, 3.63) is 35.0 Å². The zero-order valence-corrected chi connectivity index (χ0v) is 10.3. The first-order chi connectivity index (χ1) is 8.31. The van der Waals surface area contributed by atoms with Crippen LogP contribution in [-0.4, -0.2) is 36.2 Å². The summed E-state index contributed by atoms with van der Waals surface area (Å²) >= 11 is 5.97. The standard InChI is InChI=1S/C13H15ClN2O/c14-11-2-1-10-7-12(15-13(10)8-11)9-16-3-5-17-6-4-16/h1-2,7-8,15H,3-6,9H2. The molecule has 0 radical (unpaired) electrons. The molecule has 0 atom stereocenters. The van der Waals surface area contributed by atoms with E-state index in [-0.39, 0.29) is 0 Å². The Bertz CT molecular complexity index is 517. The van der Waals surface area contributed by atoms with Gasteiger partial charge in [-0.1, -0.05) is 17.7 Å². The highest BCUT2D eigenvalue weighted by atomic mass is 35.5. The van der Waals surface area contributed by atoms with E-state index in [2.05, 4.69) is 22.0 Å². The van der Waals surface area contributed by atoms with Crippen molar-refractivity contribution in [1.82, 2.24) is 9.88 Å². The fraction of sp³-hybridized carbons (Fsp3) is 0.385. The number of nitrogens with one attached hydrogen (secondary N) is 1. The number of hydrogen-bond acceptors (Lipinski definition) is 2. The summed E-state index contributed by atoms with van der Waals surface area (Å²) in [6.07, 6.45) is 0. The van der Waals surface area contributed by atoms with Crippen molar-refractivity contribution in [1.29, 1.82) is 0 Å². The molecule has 1 fully saturated rings. The predicted octanol–water partition coefficient (Wildman–Crippen LogP) is 2.65. The van der Waals surface area contributed by atoms with Crippen LogP contribution in [0.1, 0.15) is 5.69 Å². The zero-order chi connectivity index (χ0) is 11.7. The van der Waals surface area contributed by atoms with Crippen molar-refractivity contribution >= 4 is 22.5 Å². The van der Waals surface area contributed by atoms with Crippen LogP contribution in [0.2, 0.25) is 5.02 Å². The summed E-state index contributed by atoms with van der Waals surface area (Å²) in [6, 6.07) is 8.15. The summed E-state index contributed by atoms with van der Waals surface area (Å²) in [5.74, 6) is 0. The average Bonchev–Trinajstić information content (AvgIpc) is 2.71. The lowest BCUT2D eigenvalue weighted by molar-refractivity contribution is 0.0337. The summed E-state index contributed by atoms with van der Waals surface area (Å²) in [5, 5.41) is 2.00. The maximum Gasteiger partial charge on any atom is 0.0594 e. The van der Waals surface area contributed by atoms with Crippen LogP contribution >= 0.6 is 11.6 Å². The summed E-state index contributed by atoms with van der Waals surface area (Å²) in [6.45, 7) is 4.65. The molecule has 1 aliphatic rings. The second-order valence-electron chi connectivity index (χ2n) is 4.41. The van der Waals surface area contributed by atoms with E-state index in [0.29, 0.717) is 0 Å². The van der Waals surface area contributed by atoms with E-state index < -0.39 is 0 Å². The normalized spacial score (nSPS) is 17.7. The van der Waals surface area contributed by atoms with Crippen LogP contribution in [0.3, 0.4) is 0 Å². The van der Waals surface area contributed by atoms with Gasteiger partial charge in [0.15, 0.2) is 0 Å². The molecular formula is C13H15ClN2O. The van der Waals surface area contributed by atoms with Crippen molar-refractivity contribution in [2.45, 2.75) is 6.54 Å². The maximum absolute atomic E-state index is 5.97. The Morgan fingerprint density at radius 1 is 1.24 bits per heavy atom. The number of aromatic nitrogens is 1. The zero-order valence-electron chi connectivity index (χ0n) is 9.58. The number of nitrogens with zero attached hydrogens (tertiary/aromatic N) is 1. The van der Waals surface area contributed by atoms with Crippen molar-refractivity contribution in [3.63, 3.8) is 0 Å². The molecule has 1 aliphatic heterocycles. The molecule has 0 aliphatic carbocycles. The molecule has 90 valence electrons. The van der Waals surface area contributed by atoms with E-state index in [1.165, 1.54) is 11.1 Å². The first-order valence-electron chi connectivity index (χ1n) is 5.88. The van der Waals surface area contributed by atoms with Crippen molar-refractivity contribution < 1.29 is 4.74 Å². The van der Waals surface area contributed by atoms with Crippen LogP contribution < -0.4 is 0 Å². The number of aromatic amines is 1. The number of fused-ring (bicyclic) bond motifs is 1. The molecule has 1 aromatic carbocycles. The second-order valence-corrected chi connectivity index (χ2v) is 4.85. The minimum absolute atomic E-state index is 0.775. The van der Waals surface area contributed by atoms with Crippen LogP contribution in [0.15, 0.2) is 24.3 Å². The second kappa shape index (κ2) is 4.69. The van der Waals surface area contributed by atoms with Gasteiger partial charge in [0.25, 0.3) is 0 Å². The van der Waals surface area contributed by atoms with E-state index in [9.17, 15) is 0 Å². The van der Waals surface area contributed by atoms with Crippen molar-refractivity contribution in [3.8, 4) is 0 Å². The number of morpholine rings is 1. The lowest BCUT2D eigenvalue weighted by atomic mass is 10.2. The molecular weight excluding hydrogens is 236 g/mol. The predicted molar refractivity (Wildman–Crippen MR) is 69.4 cm³/mol. The molecule has 17 heavy (non-hydrogen) atoms. The number of hydrogen-bond donors (Lipinski definition) is 1. The van der Waals surface area contributed by atoms with Gasteiger partial charge in [0, 0.05) is 35.9 Å². The van der Waals surface area contributed by atoms with Gasteiger partial charge in [0.1, 0.15) is 0 Å². The van der Waals surface area contributed by atoms with Crippen LogP contribution in [0.25, 0.3) is 10.9 Å². The van der Waals surface area contributed by atoms with E-state index in [1.54, 1.807) is 0 Å². The van der Waals surface area contributed by atoms with Gasteiger partial charge in [0.05, 0.1) is 13.2 Å². The fourth-order valence-electron chi connectivity index (χ4n) is 2.24. The average molecular weight is 251 g/mol. The number of benzene rings is 1. The Kier molecular flexibility index (Phi) is 3.05. The van der Waals surface area contributed by atoms with Gasteiger partial charge < -0.3 is 9.72 Å². The highest BCUT2D eigenvalue weighted by Crippen LogP contribution is 2.20. The third-order valence-corrected chi connectivity index (χ3v) is 3.37. The molecule has 4 heteroatoms. The maximum atomic E-state index is 5.97. The minimum atomic E-state index is 0.775. The van der Waals surface area contributed by atoms with Gasteiger partial charge >= 0.3 is 0 Å². The molecule has 1 saturated heterocycles. The van der Waals surface area contributed by atoms with Crippen LogP contribution in [0, 0.1) is 0 Å². The topological polar surface area (TPSA) is 28.3 Å². The summed E-state index contributed by atoms with van der Waals surface area (Å²) < 4.78 is 5.34. The highest BCUT2D eigenvalue weighted by molar-refractivity contribution is 6.31. The van der Waals surface area contributed by atoms with Gasteiger partial charge in [-0.15, -0.1) is 0 Å². The van der Waals surface area contributed by atoms with Gasteiger partial charge in [-0.05, 0) is 23.6 Å². The first kappa shape index (κ1) is 11.1. The smallest absolute Gasteiger partial charge is 0.0594 e. The van der Waals surface area contributed by atoms with Gasteiger partial charge in [-0.25, -0.2) is 0 Å². The Morgan fingerprint density at radius 3 is 2.88 bits per heavy atom. The molecule has 2 heterocycles. The fourth-order valence-corrected chi connectivity index (χ4v) is 2.42. The molecule has 3 nitrogen and oxygen atoms in total. The lowest BCUT2D eigenvalue weighted by Crippen LogP contribution is -2.35. The van der Waals surface area contributed by atoms with Crippen LogP contribution in [0.4, 0.5) is 0 Å². The minimum Gasteiger partial charge on any atom is -0.379 e. The quantitative estimate of drug-likeness (QED) is 0.888. The molecule has 0 unspecified atom stereocenters. The van der Waals surface area contributed by atoms with Gasteiger partial charge in [-0.3, -0.25) is 4.90 Å². The van der Waals surface area contributed by atoms with E-state index in [4.69, 9.17) is 16.3 Å². The number of halogens is 1. The van der Waals surface area contributed by atoms with Crippen LogP contribution in [0.5, 0.6) is 0 Å². The number of rotatable bonds is 2. The molecule has 1 N–H and O–H groups in total. The van der Waals surface area contributed by atoms with E-state index >= 15 is 0 Å². The van der Waals surface area contributed by atoms with Crippen LogP contribution in [-0.2, 0) is 11.3 Å². The molecule has 0 saturated carbocycles. The van der Waals surface area contributed by atoms with Gasteiger partial charge in [0.2, 0.25) is 0 Å². The van der Waals surface area contributed by atoms with E-state index in [1.807, 2.05) is 12.1 Å². The molecule has 1 aromatic heterocycles. The summed E-state index contributed by atoms with van der Waals surface area (Å²) in [5.41, 5.74) is 2.35. The number of H-pyrrole nitrogens is 1. The summed E-state index contributed by atoms with van der Waals surface area (Å²) in [7, 11) is 0. The Morgan fingerprint density at radius 2 is 2.06 bits per heavy atom. The molecule has 0 amide bonds. The largest absolute Gasteiger partial charge is 0.379 e. The summed E-state index contributed by atoms with van der Waals surface area (Å²) in [4.78, 5) is 5.82. The Labute approximate surface area is 105 Å². The third kappa shape index (κ3) is 2.46. The van der Waals surface area contributed by atoms with Crippen molar-refractivity contribution in [2.24, 2.45) is 0 Å². The first-order valence-corrected chi connectivity index (χ1v) is 6.26.